The van der Waals surface area contributed by atoms with E-state index in [1.54, 1.807) is 32.7 Å². The lowest BCUT2D eigenvalue weighted by molar-refractivity contribution is 0.250. The third-order valence-electron chi connectivity index (χ3n) is 5.30. The van der Waals surface area contributed by atoms with Crippen LogP contribution in [0.4, 0.5) is 0 Å². The van der Waals surface area contributed by atoms with Crippen molar-refractivity contribution >= 4 is 21.6 Å². The minimum atomic E-state index is 0.222. The molecule has 0 saturated carbocycles. The molecule has 0 aliphatic carbocycles. The summed E-state index contributed by atoms with van der Waals surface area (Å²) in [4.78, 5) is 4.76. The molecule has 0 bridgehead atoms. The second-order valence-corrected chi connectivity index (χ2v) is 8.39. The second-order valence-electron chi connectivity index (χ2n) is 7.36. The van der Waals surface area contributed by atoms with Gasteiger partial charge >= 0.3 is 0 Å². The molecular weight excluding hydrogens is 452 g/mol. The van der Waals surface area contributed by atoms with E-state index < -0.39 is 0 Å². The number of benzene rings is 3. The Morgan fingerprint density at radius 3 is 2.29 bits per heavy atom. The number of thiazole rings is 1. The molecule has 3 aromatic carbocycles. The highest BCUT2D eigenvalue weighted by atomic mass is 32.1. The van der Waals surface area contributed by atoms with Crippen LogP contribution in [0.1, 0.15) is 5.76 Å². The van der Waals surface area contributed by atoms with E-state index in [0.29, 0.717) is 28.7 Å². The lowest BCUT2D eigenvalue weighted by Crippen LogP contribution is -1.96. The third kappa shape index (κ3) is 4.15. The lowest BCUT2D eigenvalue weighted by Gasteiger charge is -2.13. The molecule has 2 aromatic heterocycles. The van der Waals surface area contributed by atoms with Gasteiger partial charge in [-0.25, -0.2) is 4.98 Å². The van der Waals surface area contributed by atoms with E-state index in [1.807, 2.05) is 60.7 Å². The normalized spacial score (nSPS) is 10.9. The maximum atomic E-state index is 6.11. The van der Waals surface area contributed by atoms with Crippen molar-refractivity contribution in [1.82, 2.24) is 10.1 Å². The fourth-order valence-corrected chi connectivity index (χ4v) is 4.65. The van der Waals surface area contributed by atoms with Gasteiger partial charge in [0, 0.05) is 11.6 Å². The minimum Gasteiger partial charge on any atom is -0.493 e. The van der Waals surface area contributed by atoms with Gasteiger partial charge in [-0.05, 0) is 36.4 Å². The molecule has 7 nitrogen and oxygen atoms in total. The Labute approximate surface area is 200 Å². The average Bonchev–Trinajstić information content (AvgIpc) is 3.54. The molecule has 0 aliphatic heterocycles. The van der Waals surface area contributed by atoms with Crippen molar-refractivity contribution in [3.8, 4) is 44.8 Å². The van der Waals surface area contributed by atoms with E-state index in [-0.39, 0.29) is 6.61 Å². The molecule has 0 unspecified atom stereocenters. The number of hydrogen-bond donors (Lipinski definition) is 0. The Bertz CT molecular complexity index is 1380. The predicted molar refractivity (Wildman–Crippen MR) is 131 cm³/mol. The Balaban J connectivity index is 1.38. The van der Waals surface area contributed by atoms with Crippen LogP contribution in [0.2, 0.25) is 0 Å². The van der Waals surface area contributed by atoms with Crippen LogP contribution in [0.15, 0.2) is 71.3 Å². The molecule has 0 radical (unpaired) electrons. The van der Waals surface area contributed by atoms with E-state index >= 15 is 0 Å². The van der Waals surface area contributed by atoms with E-state index in [1.165, 1.54) is 0 Å². The van der Waals surface area contributed by atoms with Gasteiger partial charge in [-0.1, -0.05) is 29.4 Å². The zero-order valence-corrected chi connectivity index (χ0v) is 19.7. The summed E-state index contributed by atoms with van der Waals surface area (Å²) < 4.78 is 29.1. The monoisotopic (exact) mass is 474 g/mol. The van der Waals surface area contributed by atoms with Crippen LogP contribution in [0.3, 0.4) is 0 Å². The number of ether oxygens (including phenoxy) is 4. The molecule has 5 aromatic rings. The fraction of sp³-hybridized carbons (Fsp3) is 0.154. The molecule has 0 saturated heterocycles. The first-order valence-corrected chi connectivity index (χ1v) is 11.4. The number of hydrogen-bond acceptors (Lipinski definition) is 8. The van der Waals surface area contributed by atoms with E-state index in [0.717, 1.165) is 32.1 Å². The van der Waals surface area contributed by atoms with Crippen LogP contribution >= 0.6 is 11.3 Å². The van der Waals surface area contributed by atoms with Gasteiger partial charge in [0.1, 0.15) is 23.1 Å². The number of aromatic nitrogens is 2. The van der Waals surface area contributed by atoms with Crippen molar-refractivity contribution < 1.29 is 23.5 Å². The zero-order valence-electron chi connectivity index (χ0n) is 18.9. The summed E-state index contributed by atoms with van der Waals surface area (Å²) in [5.41, 5.74) is 3.33. The van der Waals surface area contributed by atoms with Crippen molar-refractivity contribution in [3.63, 3.8) is 0 Å². The molecule has 0 atom stereocenters. The number of para-hydroxylation sites is 2. The molecule has 0 N–H and O–H groups in total. The Kier molecular flexibility index (Phi) is 6.05. The molecule has 8 heteroatoms. The summed E-state index contributed by atoms with van der Waals surface area (Å²) in [7, 11) is 4.72. The SMILES string of the molecule is COc1cc(-c2cc(COc3ccccc3-c3nc4ccccc4s3)on2)cc(OC)c1OC. The molecule has 0 spiro atoms. The van der Waals surface area contributed by atoms with Crippen molar-refractivity contribution in [2.24, 2.45) is 0 Å². The topological polar surface area (TPSA) is 75.8 Å². The molecular formula is C26H22N2O5S. The molecule has 2 heterocycles. The Morgan fingerprint density at radius 2 is 1.56 bits per heavy atom. The number of rotatable bonds is 8. The Morgan fingerprint density at radius 1 is 0.824 bits per heavy atom. The Hall–Kier alpha value is -4.04. The van der Waals surface area contributed by atoms with E-state index in [2.05, 4.69) is 11.2 Å². The average molecular weight is 475 g/mol. The van der Waals surface area contributed by atoms with Gasteiger partial charge in [-0.3, -0.25) is 0 Å². The first-order chi connectivity index (χ1) is 16.7. The summed E-state index contributed by atoms with van der Waals surface area (Å²) in [5.74, 6) is 2.92. The first kappa shape index (κ1) is 21.8. The third-order valence-corrected chi connectivity index (χ3v) is 6.37. The maximum Gasteiger partial charge on any atom is 0.203 e. The smallest absolute Gasteiger partial charge is 0.203 e. The quantitative estimate of drug-likeness (QED) is 0.264. The standard InChI is InChI=1S/C26H22N2O5S/c1-29-22-12-16(13-23(30-2)25(22)31-3)20-14-17(33-28-20)15-32-21-10-6-4-8-18(21)26-27-19-9-5-7-11-24(19)34-26/h4-14H,15H2,1-3H3. The van der Waals surface area contributed by atoms with E-state index in [9.17, 15) is 0 Å². The van der Waals surface area contributed by atoms with Gasteiger partial charge < -0.3 is 23.5 Å². The molecule has 5 rings (SSSR count). The fourth-order valence-electron chi connectivity index (χ4n) is 3.65. The summed E-state index contributed by atoms with van der Waals surface area (Å²) in [5, 5.41) is 5.11. The summed E-state index contributed by atoms with van der Waals surface area (Å²) >= 11 is 1.64. The van der Waals surface area contributed by atoms with Crippen LogP contribution in [-0.2, 0) is 6.61 Å². The molecule has 0 aliphatic rings. The van der Waals surface area contributed by atoms with Gasteiger partial charge in [0.2, 0.25) is 5.75 Å². The maximum absolute atomic E-state index is 6.11. The van der Waals surface area contributed by atoms with Gasteiger partial charge in [0.25, 0.3) is 0 Å². The second kappa shape index (κ2) is 9.44. The van der Waals surface area contributed by atoms with Gasteiger partial charge in [-0.15, -0.1) is 11.3 Å². The van der Waals surface area contributed by atoms with Gasteiger partial charge in [-0.2, -0.15) is 0 Å². The highest BCUT2D eigenvalue weighted by molar-refractivity contribution is 7.21. The van der Waals surface area contributed by atoms with Crippen molar-refractivity contribution in [1.29, 1.82) is 0 Å². The predicted octanol–water partition coefficient (Wildman–Crippen LogP) is 6.22. The van der Waals surface area contributed by atoms with Crippen molar-refractivity contribution in [3.05, 3.63) is 72.5 Å². The van der Waals surface area contributed by atoms with Crippen LogP contribution in [0.25, 0.3) is 32.0 Å². The van der Waals surface area contributed by atoms with Crippen LogP contribution in [0, 0.1) is 0 Å². The first-order valence-electron chi connectivity index (χ1n) is 10.5. The van der Waals surface area contributed by atoms with Crippen molar-refractivity contribution in [2.45, 2.75) is 6.61 Å². The molecule has 172 valence electrons. The largest absolute Gasteiger partial charge is 0.493 e. The van der Waals surface area contributed by atoms with Crippen LogP contribution < -0.4 is 18.9 Å². The highest BCUT2D eigenvalue weighted by Gasteiger charge is 2.17. The number of fused-ring (bicyclic) bond motifs is 1. The summed E-state index contributed by atoms with van der Waals surface area (Å²) in [6.45, 7) is 0.222. The molecule has 34 heavy (non-hydrogen) atoms. The summed E-state index contributed by atoms with van der Waals surface area (Å²) in [6, 6.07) is 21.4. The minimum absolute atomic E-state index is 0.222. The van der Waals surface area contributed by atoms with Crippen molar-refractivity contribution in [2.75, 3.05) is 21.3 Å². The number of methoxy groups -OCH3 is 3. The summed E-state index contributed by atoms with van der Waals surface area (Å²) in [6.07, 6.45) is 0. The van der Waals surface area contributed by atoms with Gasteiger partial charge in [0.05, 0.1) is 37.1 Å². The highest BCUT2D eigenvalue weighted by Crippen LogP contribution is 2.41. The van der Waals surface area contributed by atoms with Gasteiger partial charge in [0.15, 0.2) is 17.3 Å². The molecule has 0 amide bonds. The number of nitrogens with zero attached hydrogens (tertiary/aromatic N) is 2. The van der Waals surface area contributed by atoms with E-state index in [4.69, 9.17) is 28.5 Å². The van der Waals surface area contributed by atoms with Crippen LogP contribution in [0.5, 0.6) is 23.0 Å². The zero-order chi connectivity index (χ0) is 23.5. The lowest BCUT2D eigenvalue weighted by atomic mass is 10.1. The molecule has 0 fully saturated rings. The van der Waals surface area contributed by atoms with Crippen LogP contribution in [-0.4, -0.2) is 31.5 Å².